The topological polar surface area (TPSA) is 52.6 Å². The Bertz CT molecular complexity index is 1210. The molecular formula is C30H27Br3O4. The Kier molecular flexibility index (Phi) is 13.9. The van der Waals surface area contributed by atoms with Gasteiger partial charge in [-0.25, -0.2) is 0 Å². The lowest BCUT2D eigenvalue weighted by molar-refractivity contribution is 0.0983. The number of ether oxygens (including phenoxy) is 2. The fourth-order valence-corrected chi connectivity index (χ4v) is 3.34. The van der Waals surface area contributed by atoms with Crippen molar-refractivity contribution >= 4 is 55.8 Å². The van der Waals surface area contributed by atoms with Crippen LogP contribution in [0.15, 0.2) is 109 Å². The van der Waals surface area contributed by atoms with E-state index in [1.165, 1.54) is 0 Å². The summed E-state index contributed by atoms with van der Waals surface area (Å²) in [5.74, 6) is 3.26. The highest BCUT2D eigenvalue weighted by Gasteiger charge is 2.11. The number of hydrogen-bond acceptors (Lipinski definition) is 4. The first-order valence-corrected chi connectivity index (χ1v) is 16.1. The Morgan fingerprint density at radius 1 is 0.622 bits per heavy atom. The molecule has 4 nitrogen and oxygen atoms in total. The first-order chi connectivity index (χ1) is 18.0. The van der Waals surface area contributed by atoms with Crippen molar-refractivity contribution in [2.24, 2.45) is 0 Å². The van der Waals surface area contributed by atoms with Crippen molar-refractivity contribution in [2.45, 2.75) is 25.1 Å². The molecule has 0 aromatic heterocycles. The van der Waals surface area contributed by atoms with Crippen LogP contribution in [-0.4, -0.2) is 16.4 Å². The van der Waals surface area contributed by atoms with Gasteiger partial charge in [0.2, 0.25) is 0 Å². The molecule has 7 heteroatoms. The monoisotopic (exact) mass is 688 g/mol. The summed E-state index contributed by atoms with van der Waals surface area (Å²) < 4.78 is 11.3. The van der Waals surface area contributed by atoms with E-state index < -0.39 is 0 Å². The fraction of sp³-hybridized carbons (Fsp3) is 0.133. The van der Waals surface area contributed by atoms with Gasteiger partial charge in [0.05, 0.1) is 4.83 Å². The molecule has 0 saturated heterocycles. The van der Waals surface area contributed by atoms with E-state index in [9.17, 15) is 9.59 Å². The Morgan fingerprint density at radius 2 is 0.973 bits per heavy atom. The molecule has 192 valence electrons. The van der Waals surface area contributed by atoms with Gasteiger partial charge in [0.25, 0.3) is 0 Å². The van der Waals surface area contributed by atoms with Crippen LogP contribution >= 0.6 is 44.2 Å². The van der Waals surface area contributed by atoms with E-state index in [4.69, 9.17) is 9.47 Å². The van der Waals surface area contributed by atoms with Crippen molar-refractivity contribution in [2.75, 3.05) is 0 Å². The van der Waals surface area contributed by atoms with Gasteiger partial charge in [0, 0.05) is 45.8 Å². The minimum Gasteiger partial charge on any atom is -0.457 e. The molecule has 4 aromatic carbocycles. The van der Waals surface area contributed by atoms with E-state index in [0.29, 0.717) is 12.0 Å². The van der Waals surface area contributed by atoms with E-state index in [-0.39, 0.29) is 16.4 Å². The summed E-state index contributed by atoms with van der Waals surface area (Å²) in [4.78, 5) is 23.0. The molecule has 0 bridgehead atoms. The second-order valence-electron chi connectivity index (χ2n) is 7.64. The van der Waals surface area contributed by atoms with Crippen LogP contribution in [0.2, 0.25) is 0 Å². The number of carbonyl (C=O) groups excluding carboxylic acids is 2. The number of carbonyl (C=O) groups is 2. The van der Waals surface area contributed by atoms with Gasteiger partial charge in [-0.05, 0) is 79.7 Å². The highest BCUT2D eigenvalue weighted by atomic mass is 80.9. The largest absolute Gasteiger partial charge is 0.457 e. The number of alkyl halides is 1. The van der Waals surface area contributed by atoms with Crippen LogP contribution in [-0.2, 0) is 0 Å². The van der Waals surface area contributed by atoms with Crippen LogP contribution in [0.25, 0.3) is 0 Å². The standard InChI is InChI=1S/C15H13BrO2.C15H14O2.Br2/c1-11(16)15(17)12-7-9-14(10-8-12)18-13-5-3-2-4-6-13;1-2-15(16)12-8-10-14(11-9-12)17-13-6-4-3-5-7-13;1-2/h2-11H,1H3;3-11H,2H2,1H3;. The van der Waals surface area contributed by atoms with Gasteiger partial charge in [-0.15, -0.1) is 0 Å². The summed E-state index contributed by atoms with van der Waals surface area (Å²) in [6.07, 6.45) is 0.527. The van der Waals surface area contributed by atoms with E-state index in [2.05, 4.69) is 44.2 Å². The third-order valence-corrected chi connectivity index (χ3v) is 5.37. The van der Waals surface area contributed by atoms with Crippen molar-refractivity contribution < 1.29 is 19.1 Å². The Hall–Kier alpha value is -2.74. The van der Waals surface area contributed by atoms with Gasteiger partial charge < -0.3 is 9.47 Å². The first-order valence-electron chi connectivity index (χ1n) is 11.5. The van der Waals surface area contributed by atoms with E-state index in [1.807, 2.05) is 86.6 Å². The molecule has 0 radical (unpaired) electrons. The maximum atomic E-state index is 11.7. The molecule has 0 saturated carbocycles. The van der Waals surface area contributed by atoms with Gasteiger partial charge in [0.1, 0.15) is 23.0 Å². The number of Topliss-reactive ketones (excluding diaryl/α,β-unsaturated/α-hetero) is 2. The number of rotatable bonds is 8. The third kappa shape index (κ3) is 10.6. The van der Waals surface area contributed by atoms with Gasteiger partial charge in [-0.1, -0.05) is 59.3 Å². The van der Waals surface area contributed by atoms with Crippen molar-refractivity contribution in [1.29, 1.82) is 0 Å². The zero-order chi connectivity index (χ0) is 27.0. The first kappa shape index (κ1) is 30.5. The third-order valence-electron chi connectivity index (χ3n) is 4.96. The summed E-state index contributed by atoms with van der Waals surface area (Å²) in [5.41, 5.74) is 1.41. The maximum absolute atomic E-state index is 11.7. The smallest absolute Gasteiger partial charge is 0.176 e. The summed E-state index contributed by atoms with van der Waals surface area (Å²) in [6.45, 7) is 3.67. The minimum atomic E-state index is -0.168. The molecular weight excluding hydrogens is 664 g/mol. The molecule has 1 atom stereocenters. The molecule has 37 heavy (non-hydrogen) atoms. The molecule has 4 rings (SSSR count). The van der Waals surface area contributed by atoms with Crippen LogP contribution in [0.3, 0.4) is 0 Å². The van der Waals surface area contributed by atoms with Crippen molar-refractivity contribution in [3.8, 4) is 23.0 Å². The molecule has 0 N–H and O–H groups in total. The highest BCUT2D eigenvalue weighted by Crippen LogP contribution is 2.23. The lowest BCUT2D eigenvalue weighted by Gasteiger charge is -2.07. The molecule has 1 unspecified atom stereocenters. The van der Waals surface area contributed by atoms with Gasteiger partial charge in [-0.3, -0.25) is 9.59 Å². The predicted octanol–water partition coefficient (Wildman–Crippen LogP) is 10.2. The van der Waals surface area contributed by atoms with Crippen molar-refractivity contribution in [1.82, 2.24) is 0 Å². The zero-order valence-electron chi connectivity index (χ0n) is 20.4. The Morgan fingerprint density at radius 3 is 1.32 bits per heavy atom. The molecule has 0 spiro atoms. The summed E-state index contributed by atoms with van der Waals surface area (Å²) in [7, 11) is 0. The molecule has 4 aromatic rings. The number of ketones is 2. The van der Waals surface area contributed by atoms with E-state index in [0.717, 1.165) is 28.6 Å². The quantitative estimate of drug-likeness (QED) is 0.136. The van der Waals surface area contributed by atoms with Crippen LogP contribution in [0.4, 0.5) is 0 Å². The molecule has 0 heterocycles. The fourth-order valence-electron chi connectivity index (χ4n) is 3.08. The molecule has 0 amide bonds. The number of hydrogen-bond donors (Lipinski definition) is 0. The van der Waals surface area contributed by atoms with Crippen LogP contribution in [0.1, 0.15) is 41.0 Å². The van der Waals surface area contributed by atoms with E-state index in [1.54, 1.807) is 36.4 Å². The second kappa shape index (κ2) is 16.9. The number of benzene rings is 4. The Balaban J connectivity index is 0.000000244. The van der Waals surface area contributed by atoms with Crippen LogP contribution < -0.4 is 9.47 Å². The Labute approximate surface area is 242 Å². The van der Waals surface area contributed by atoms with Crippen LogP contribution in [0.5, 0.6) is 23.0 Å². The molecule has 0 aliphatic heterocycles. The lowest BCUT2D eigenvalue weighted by atomic mass is 10.1. The summed E-state index contributed by atoms with van der Waals surface area (Å²) in [5, 5.41) is 0. The van der Waals surface area contributed by atoms with Gasteiger partial charge in [-0.2, -0.15) is 0 Å². The predicted molar refractivity (Wildman–Crippen MR) is 161 cm³/mol. The molecule has 0 aliphatic carbocycles. The lowest BCUT2D eigenvalue weighted by Crippen LogP contribution is -2.09. The summed E-state index contributed by atoms with van der Waals surface area (Å²) in [6, 6.07) is 33.5. The van der Waals surface area contributed by atoms with Gasteiger partial charge >= 0.3 is 0 Å². The van der Waals surface area contributed by atoms with Crippen molar-refractivity contribution in [3.05, 3.63) is 120 Å². The number of halogens is 3. The van der Waals surface area contributed by atoms with Crippen LogP contribution in [0, 0.1) is 0 Å². The molecule has 0 aliphatic rings. The zero-order valence-corrected chi connectivity index (χ0v) is 25.2. The van der Waals surface area contributed by atoms with Gasteiger partial charge in [0.15, 0.2) is 11.6 Å². The molecule has 0 fully saturated rings. The SMILES string of the molecule is BrBr.CC(Br)C(=O)c1ccc(Oc2ccccc2)cc1.CCC(=O)c1ccc(Oc2ccccc2)cc1. The average Bonchev–Trinajstić information content (AvgIpc) is 2.95. The normalized spacial score (nSPS) is 10.5. The maximum Gasteiger partial charge on any atom is 0.176 e. The second-order valence-corrected chi connectivity index (χ2v) is 9.01. The summed E-state index contributed by atoms with van der Waals surface area (Å²) >= 11 is 8.77. The average molecular weight is 691 g/mol. The highest BCUT2D eigenvalue weighted by molar-refractivity contribution is 9.93. The van der Waals surface area contributed by atoms with Crippen molar-refractivity contribution in [3.63, 3.8) is 0 Å². The minimum absolute atomic E-state index is 0.0706. The number of para-hydroxylation sites is 2. The van der Waals surface area contributed by atoms with E-state index >= 15 is 0 Å².